The van der Waals surface area contributed by atoms with Gasteiger partial charge >= 0.3 is 0 Å². The summed E-state index contributed by atoms with van der Waals surface area (Å²) in [6.07, 6.45) is 15.3. The van der Waals surface area contributed by atoms with E-state index in [1.165, 1.54) is 43.8 Å². The first-order chi connectivity index (χ1) is 24.4. The highest BCUT2D eigenvalue weighted by atomic mass is 15.0. The summed E-state index contributed by atoms with van der Waals surface area (Å²) < 4.78 is 0. The molecule has 0 bridgehead atoms. The number of aromatic nitrogens is 3. The molecule has 9 rings (SSSR count). The van der Waals surface area contributed by atoms with E-state index < -0.39 is 0 Å². The van der Waals surface area contributed by atoms with E-state index in [0.29, 0.717) is 5.82 Å². The Morgan fingerprint density at radius 3 is 2.04 bits per heavy atom. The van der Waals surface area contributed by atoms with E-state index in [0.717, 1.165) is 54.0 Å². The number of hydrogen-bond acceptors (Lipinski definition) is 3. The van der Waals surface area contributed by atoms with Crippen molar-refractivity contribution in [2.75, 3.05) is 0 Å². The minimum Gasteiger partial charge on any atom is -0.209 e. The van der Waals surface area contributed by atoms with Gasteiger partial charge in [-0.1, -0.05) is 160 Å². The average molecular weight is 648 g/mol. The van der Waals surface area contributed by atoms with Gasteiger partial charge in [0.2, 0.25) is 0 Å². The Bertz CT molecular complexity index is 2410. The molecule has 0 N–H and O–H groups in total. The maximum atomic E-state index is 5.22. The number of benzene rings is 4. The Hall–Kier alpha value is -5.41. The summed E-state index contributed by atoms with van der Waals surface area (Å²) in [4.78, 5) is 15.5. The fourth-order valence-corrected chi connectivity index (χ4v) is 8.83. The van der Waals surface area contributed by atoms with Crippen LogP contribution in [0.2, 0.25) is 0 Å². The minimum atomic E-state index is -0.0525. The van der Waals surface area contributed by atoms with Gasteiger partial charge in [0.1, 0.15) is 0 Å². The molecular formula is C47H41N3. The lowest BCUT2D eigenvalue weighted by molar-refractivity contribution is 0.270. The first kappa shape index (κ1) is 30.6. The van der Waals surface area contributed by atoms with Gasteiger partial charge in [0.15, 0.2) is 17.5 Å². The van der Waals surface area contributed by atoms with Gasteiger partial charge in [0.05, 0.1) is 0 Å². The predicted molar refractivity (Wildman–Crippen MR) is 206 cm³/mol. The minimum absolute atomic E-state index is 0.0219. The molecule has 2 unspecified atom stereocenters. The van der Waals surface area contributed by atoms with E-state index in [1.807, 2.05) is 6.07 Å². The average Bonchev–Trinajstić information content (AvgIpc) is 3.36. The summed E-state index contributed by atoms with van der Waals surface area (Å²) in [5.74, 6) is 2.40. The number of nitrogens with zero attached hydrogens (tertiary/aromatic N) is 3. The molecule has 0 radical (unpaired) electrons. The molecule has 4 aromatic carbocycles. The van der Waals surface area contributed by atoms with Crippen molar-refractivity contribution in [3.05, 3.63) is 178 Å². The van der Waals surface area contributed by atoms with E-state index in [9.17, 15) is 0 Å². The molecule has 244 valence electrons. The Morgan fingerprint density at radius 1 is 0.620 bits per heavy atom. The molecule has 0 spiro atoms. The third-order valence-corrected chi connectivity index (χ3v) is 11.8. The second-order valence-corrected chi connectivity index (χ2v) is 14.9. The topological polar surface area (TPSA) is 38.7 Å². The van der Waals surface area contributed by atoms with Gasteiger partial charge in [-0.25, -0.2) is 15.0 Å². The van der Waals surface area contributed by atoms with Crippen molar-refractivity contribution in [3.8, 4) is 11.4 Å². The summed E-state index contributed by atoms with van der Waals surface area (Å²) in [6.45, 7) is 7.41. The van der Waals surface area contributed by atoms with Crippen LogP contribution < -0.4 is 10.4 Å². The highest BCUT2D eigenvalue weighted by Crippen LogP contribution is 2.61. The molecule has 3 nitrogen and oxygen atoms in total. The number of rotatable bonds is 5. The van der Waals surface area contributed by atoms with Crippen LogP contribution in [0.5, 0.6) is 0 Å². The van der Waals surface area contributed by atoms with Crippen LogP contribution in [0, 0.1) is 11.3 Å². The highest BCUT2D eigenvalue weighted by Gasteiger charge is 2.53. The summed E-state index contributed by atoms with van der Waals surface area (Å²) in [5.41, 5.74) is 11.4. The molecular weight excluding hydrogens is 607 g/mol. The van der Waals surface area contributed by atoms with Crippen molar-refractivity contribution in [1.82, 2.24) is 15.0 Å². The zero-order chi connectivity index (χ0) is 33.9. The fraction of sp³-hybridized carbons (Fsp3) is 0.213. The maximum absolute atomic E-state index is 5.22. The van der Waals surface area contributed by atoms with Gasteiger partial charge in [-0.3, -0.25) is 0 Å². The molecule has 0 amide bonds. The summed E-state index contributed by atoms with van der Waals surface area (Å²) in [6, 6.07) is 39.4. The van der Waals surface area contributed by atoms with Crippen LogP contribution in [0.15, 0.2) is 140 Å². The Kier molecular flexibility index (Phi) is 7.28. The molecule has 0 aliphatic heterocycles. The standard InChI is InChI=1S/C47H41N3/c1-46(2)41-26-16-15-25-39(41)42-38-24-14-13-23-37(38)40(30-47(42,46)3)35-27-34(31-17-7-4-8-18-31)28-36(29-35)45-49-43(32-19-9-5-10-20-32)48-44(50-45)33-21-11-6-12-22-33/h4-5,7-11,13-28,35H,6,12,29-30H2,1-3H3. The van der Waals surface area contributed by atoms with Crippen molar-refractivity contribution in [1.29, 1.82) is 0 Å². The van der Waals surface area contributed by atoms with E-state index in [2.05, 4.69) is 154 Å². The normalized spacial score (nSPS) is 21.8. The summed E-state index contributed by atoms with van der Waals surface area (Å²) >= 11 is 0. The van der Waals surface area contributed by atoms with Crippen LogP contribution in [0.4, 0.5) is 0 Å². The van der Waals surface area contributed by atoms with E-state index in [1.54, 1.807) is 0 Å². The van der Waals surface area contributed by atoms with Crippen LogP contribution in [0.25, 0.3) is 39.3 Å². The molecule has 5 aromatic rings. The Labute approximate surface area is 294 Å². The molecule has 0 saturated carbocycles. The van der Waals surface area contributed by atoms with Crippen molar-refractivity contribution >= 4 is 27.9 Å². The van der Waals surface area contributed by atoms with Gasteiger partial charge in [-0.05, 0) is 75.6 Å². The molecule has 0 saturated heterocycles. The quantitative estimate of drug-likeness (QED) is 0.191. The number of hydrogen-bond donors (Lipinski definition) is 0. The zero-order valence-electron chi connectivity index (χ0n) is 29.0. The van der Waals surface area contributed by atoms with Crippen LogP contribution in [-0.4, -0.2) is 15.0 Å². The zero-order valence-corrected chi connectivity index (χ0v) is 29.0. The van der Waals surface area contributed by atoms with Crippen LogP contribution >= 0.6 is 0 Å². The lowest BCUT2D eigenvalue weighted by Crippen LogP contribution is -2.45. The van der Waals surface area contributed by atoms with Gasteiger partial charge < -0.3 is 0 Å². The maximum Gasteiger partial charge on any atom is 0.164 e. The molecule has 3 heteroatoms. The number of allylic oxidation sites excluding steroid dienone is 8. The van der Waals surface area contributed by atoms with E-state index in [4.69, 9.17) is 15.0 Å². The lowest BCUT2D eigenvalue weighted by atomic mass is 9.59. The van der Waals surface area contributed by atoms with Gasteiger partial charge in [-0.2, -0.15) is 0 Å². The van der Waals surface area contributed by atoms with E-state index in [-0.39, 0.29) is 16.7 Å². The van der Waals surface area contributed by atoms with E-state index >= 15 is 0 Å². The van der Waals surface area contributed by atoms with Crippen LogP contribution in [0.1, 0.15) is 74.8 Å². The second kappa shape index (κ2) is 11.9. The first-order valence-electron chi connectivity index (χ1n) is 18.0. The Balaban J connectivity index is 1.25. The summed E-state index contributed by atoms with van der Waals surface area (Å²) in [7, 11) is 0. The smallest absolute Gasteiger partial charge is 0.164 e. The van der Waals surface area contributed by atoms with Gasteiger partial charge in [0.25, 0.3) is 0 Å². The second-order valence-electron chi connectivity index (χ2n) is 14.9. The first-order valence-corrected chi connectivity index (χ1v) is 18.0. The summed E-state index contributed by atoms with van der Waals surface area (Å²) in [5, 5.41) is 2.76. The monoisotopic (exact) mass is 647 g/mol. The predicted octanol–water partition coefficient (Wildman–Crippen LogP) is 9.51. The van der Waals surface area contributed by atoms with Crippen LogP contribution in [0.3, 0.4) is 0 Å². The molecule has 1 heterocycles. The SMILES string of the molecule is CC12CC(C3C=C(c4ccccc4)C=C(c4nc(C5=CCCC=C5)nc(-c5ccccc5)n4)C3)=c3ccccc3=C1c1ccccc1C2(C)C. The lowest BCUT2D eigenvalue weighted by Gasteiger charge is -2.44. The van der Waals surface area contributed by atoms with Gasteiger partial charge in [0, 0.05) is 27.9 Å². The molecule has 4 aliphatic rings. The van der Waals surface area contributed by atoms with Crippen molar-refractivity contribution < 1.29 is 0 Å². The van der Waals surface area contributed by atoms with Crippen molar-refractivity contribution in [2.24, 2.45) is 11.3 Å². The third kappa shape index (κ3) is 4.90. The molecule has 4 aliphatic carbocycles. The van der Waals surface area contributed by atoms with Crippen molar-refractivity contribution in [3.63, 3.8) is 0 Å². The molecule has 50 heavy (non-hydrogen) atoms. The third-order valence-electron chi connectivity index (χ3n) is 11.8. The van der Waals surface area contributed by atoms with Crippen LogP contribution in [-0.2, 0) is 5.41 Å². The highest BCUT2D eigenvalue weighted by molar-refractivity contribution is 5.89. The van der Waals surface area contributed by atoms with Gasteiger partial charge in [-0.15, -0.1) is 0 Å². The largest absolute Gasteiger partial charge is 0.209 e. The Morgan fingerprint density at radius 2 is 1.28 bits per heavy atom. The molecule has 1 aromatic heterocycles. The number of fused-ring (bicyclic) bond motifs is 4. The molecule has 0 fully saturated rings. The fourth-order valence-electron chi connectivity index (χ4n) is 8.83. The van der Waals surface area contributed by atoms with Crippen molar-refractivity contribution in [2.45, 2.75) is 51.9 Å². The molecule has 2 atom stereocenters.